The summed E-state index contributed by atoms with van der Waals surface area (Å²) in [6, 6.07) is 0.345. The first-order valence-electron chi connectivity index (χ1n) is 6.52. The van der Waals surface area contributed by atoms with Crippen molar-refractivity contribution in [3.05, 3.63) is 0 Å². The molecule has 1 atom stereocenters. The Bertz CT molecular complexity index is 252. The second-order valence-electron chi connectivity index (χ2n) is 4.90. The van der Waals surface area contributed by atoms with E-state index in [-0.39, 0.29) is 12.5 Å². The van der Waals surface area contributed by atoms with Crippen molar-refractivity contribution in [2.45, 2.75) is 37.8 Å². The van der Waals surface area contributed by atoms with Crippen molar-refractivity contribution in [3.63, 3.8) is 0 Å². The Labute approximate surface area is 102 Å². The summed E-state index contributed by atoms with van der Waals surface area (Å²) < 4.78 is 5.52. The summed E-state index contributed by atoms with van der Waals surface area (Å²) in [6.07, 6.45) is 4.01. The highest BCUT2D eigenvalue weighted by molar-refractivity contribution is 5.78. The summed E-state index contributed by atoms with van der Waals surface area (Å²) in [4.78, 5) is 13.5. The maximum absolute atomic E-state index is 11.1. The highest BCUT2D eigenvalue weighted by atomic mass is 16.5. The normalized spacial score (nSPS) is 27.4. The van der Waals surface area contributed by atoms with Crippen LogP contribution in [0.1, 0.15) is 25.7 Å². The minimum Gasteiger partial charge on any atom is -0.394 e. The van der Waals surface area contributed by atoms with Gasteiger partial charge in [0.25, 0.3) is 0 Å². The third-order valence-corrected chi connectivity index (χ3v) is 3.54. The van der Waals surface area contributed by atoms with Crippen molar-refractivity contribution < 1.29 is 14.6 Å². The van der Waals surface area contributed by atoms with Gasteiger partial charge in [-0.2, -0.15) is 0 Å². The molecule has 5 nitrogen and oxygen atoms in total. The highest BCUT2D eigenvalue weighted by Crippen LogP contribution is 2.16. The van der Waals surface area contributed by atoms with Gasteiger partial charge in [0.2, 0.25) is 5.91 Å². The van der Waals surface area contributed by atoms with E-state index in [1.54, 1.807) is 0 Å². The molecule has 2 fully saturated rings. The van der Waals surface area contributed by atoms with E-state index < -0.39 is 0 Å². The van der Waals surface area contributed by atoms with E-state index in [0.717, 1.165) is 38.9 Å². The van der Waals surface area contributed by atoms with Crippen LogP contribution in [0.4, 0.5) is 0 Å². The van der Waals surface area contributed by atoms with E-state index in [4.69, 9.17) is 9.84 Å². The van der Waals surface area contributed by atoms with Crippen LogP contribution < -0.4 is 5.32 Å². The molecule has 0 aromatic heterocycles. The Kier molecular flexibility index (Phi) is 4.76. The zero-order valence-corrected chi connectivity index (χ0v) is 10.2. The monoisotopic (exact) mass is 242 g/mol. The minimum absolute atomic E-state index is 0.105. The van der Waals surface area contributed by atoms with E-state index >= 15 is 0 Å². The molecule has 0 aromatic carbocycles. The Morgan fingerprint density at radius 3 is 2.71 bits per heavy atom. The fourth-order valence-electron chi connectivity index (χ4n) is 2.60. The Morgan fingerprint density at radius 1 is 1.35 bits per heavy atom. The predicted molar refractivity (Wildman–Crippen MR) is 63.7 cm³/mol. The molecular weight excluding hydrogens is 220 g/mol. The molecule has 2 N–H and O–H groups in total. The number of aliphatic hydroxyl groups excluding tert-OH is 1. The molecule has 2 heterocycles. The Balaban J connectivity index is 1.63. The lowest BCUT2D eigenvalue weighted by atomic mass is 10.1. The average molecular weight is 242 g/mol. The quantitative estimate of drug-likeness (QED) is 0.697. The van der Waals surface area contributed by atoms with Gasteiger partial charge in [-0.25, -0.2) is 0 Å². The van der Waals surface area contributed by atoms with Gasteiger partial charge in [0, 0.05) is 32.1 Å². The maximum atomic E-state index is 11.1. The predicted octanol–water partition coefficient (Wildman–Crippen LogP) is -0.262. The topological polar surface area (TPSA) is 61.8 Å². The Morgan fingerprint density at radius 2 is 2.12 bits per heavy atom. The summed E-state index contributed by atoms with van der Waals surface area (Å²) in [5, 5.41) is 11.7. The second kappa shape index (κ2) is 6.33. The first kappa shape index (κ1) is 12.8. The summed E-state index contributed by atoms with van der Waals surface area (Å²) in [6.45, 7) is 3.58. The van der Waals surface area contributed by atoms with Gasteiger partial charge in [-0.3, -0.25) is 4.79 Å². The summed E-state index contributed by atoms with van der Waals surface area (Å²) in [5.74, 6) is 0.191. The van der Waals surface area contributed by atoms with Crippen LogP contribution in [0.25, 0.3) is 0 Å². The first-order valence-corrected chi connectivity index (χ1v) is 6.52. The van der Waals surface area contributed by atoms with Crippen molar-refractivity contribution in [3.8, 4) is 0 Å². The van der Waals surface area contributed by atoms with Gasteiger partial charge < -0.3 is 20.1 Å². The van der Waals surface area contributed by atoms with Gasteiger partial charge in [0.15, 0.2) is 0 Å². The van der Waals surface area contributed by atoms with Gasteiger partial charge in [0.1, 0.15) is 0 Å². The molecule has 0 saturated carbocycles. The van der Waals surface area contributed by atoms with Crippen molar-refractivity contribution in [2.24, 2.45) is 0 Å². The fraction of sp³-hybridized carbons (Fsp3) is 0.917. The zero-order chi connectivity index (χ0) is 12.1. The third-order valence-electron chi connectivity index (χ3n) is 3.54. The molecule has 98 valence electrons. The smallest absolute Gasteiger partial charge is 0.220 e. The summed E-state index contributed by atoms with van der Waals surface area (Å²) in [7, 11) is 0. The van der Waals surface area contributed by atoms with Crippen LogP contribution in [-0.4, -0.2) is 60.9 Å². The van der Waals surface area contributed by atoms with Crippen molar-refractivity contribution in [2.75, 3.05) is 32.8 Å². The molecule has 2 saturated heterocycles. The molecular formula is C12H22N2O3. The first-order chi connectivity index (χ1) is 8.28. The summed E-state index contributed by atoms with van der Waals surface area (Å²) >= 11 is 0. The van der Waals surface area contributed by atoms with Crippen LogP contribution in [0.15, 0.2) is 0 Å². The van der Waals surface area contributed by atoms with Gasteiger partial charge in [0.05, 0.1) is 19.3 Å². The van der Waals surface area contributed by atoms with E-state index in [1.165, 1.54) is 0 Å². The zero-order valence-electron chi connectivity index (χ0n) is 10.2. The number of carbonyl (C=O) groups excluding carboxylic acids is 1. The number of hydrogen-bond donors (Lipinski definition) is 2. The second-order valence-corrected chi connectivity index (χ2v) is 4.90. The molecule has 0 bridgehead atoms. The van der Waals surface area contributed by atoms with Crippen LogP contribution in [0.5, 0.6) is 0 Å². The van der Waals surface area contributed by atoms with Crippen LogP contribution in [0, 0.1) is 0 Å². The lowest BCUT2D eigenvalue weighted by Crippen LogP contribution is -2.44. The third kappa shape index (κ3) is 3.94. The maximum Gasteiger partial charge on any atom is 0.220 e. The number of nitrogens with zero attached hydrogens (tertiary/aromatic N) is 1. The molecule has 2 aliphatic rings. The number of piperidine rings is 1. The van der Waals surface area contributed by atoms with Crippen LogP contribution >= 0.6 is 0 Å². The molecule has 0 aliphatic carbocycles. The summed E-state index contributed by atoms with van der Waals surface area (Å²) in [5.41, 5.74) is 0. The molecule has 17 heavy (non-hydrogen) atoms. The standard InChI is InChI=1S/C12H22N2O3/c15-7-8-17-11-3-5-14(6-4-11)9-10-1-2-12(16)13-10/h10-11,15H,1-9H2,(H,13,16). The SMILES string of the molecule is O=C1CCC(CN2CCC(OCCO)CC2)N1. The molecule has 1 amide bonds. The number of rotatable bonds is 5. The molecule has 1 unspecified atom stereocenters. The minimum atomic E-state index is 0.105. The lowest BCUT2D eigenvalue weighted by molar-refractivity contribution is -0.119. The molecule has 0 aromatic rings. The largest absolute Gasteiger partial charge is 0.394 e. The van der Waals surface area contributed by atoms with Crippen LogP contribution in [-0.2, 0) is 9.53 Å². The molecule has 0 radical (unpaired) electrons. The van der Waals surface area contributed by atoms with Crippen LogP contribution in [0.2, 0.25) is 0 Å². The van der Waals surface area contributed by atoms with Gasteiger partial charge >= 0.3 is 0 Å². The number of ether oxygens (including phenoxy) is 1. The van der Waals surface area contributed by atoms with Gasteiger partial charge in [-0.05, 0) is 19.3 Å². The van der Waals surface area contributed by atoms with Crippen molar-refractivity contribution in [1.29, 1.82) is 0 Å². The fourth-order valence-corrected chi connectivity index (χ4v) is 2.60. The Hall–Kier alpha value is -0.650. The van der Waals surface area contributed by atoms with E-state index in [9.17, 15) is 4.79 Å². The van der Waals surface area contributed by atoms with Gasteiger partial charge in [-0.15, -0.1) is 0 Å². The van der Waals surface area contributed by atoms with E-state index in [0.29, 0.717) is 25.2 Å². The number of amides is 1. The van der Waals surface area contributed by atoms with Gasteiger partial charge in [-0.1, -0.05) is 0 Å². The van der Waals surface area contributed by atoms with E-state index in [2.05, 4.69) is 10.2 Å². The molecule has 0 spiro atoms. The highest BCUT2D eigenvalue weighted by Gasteiger charge is 2.25. The van der Waals surface area contributed by atoms with Crippen molar-refractivity contribution in [1.82, 2.24) is 10.2 Å². The number of carbonyl (C=O) groups is 1. The molecule has 2 aliphatic heterocycles. The molecule has 5 heteroatoms. The van der Waals surface area contributed by atoms with E-state index in [1.807, 2.05) is 0 Å². The number of likely N-dealkylation sites (tertiary alicyclic amines) is 1. The van der Waals surface area contributed by atoms with Crippen molar-refractivity contribution >= 4 is 5.91 Å². The number of nitrogens with one attached hydrogen (secondary N) is 1. The number of aliphatic hydroxyl groups is 1. The lowest BCUT2D eigenvalue weighted by Gasteiger charge is -2.33. The molecule has 2 rings (SSSR count). The van der Waals surface area contributed by atoms with Crippen LogP contribution in [0.3, 0.4) is 0 Å². The number of hydrogen-bond acceptors (Lipinski definition) is 4. The average Bonchev–Trinajstić information content (AvgIpc) is 2.74.